The highest BCUT2D eigenvalue weighted by Gasteiger charge is 2.06. The first-order chi connectivity index (χ1) is 9.02. The van der Waals surface area contributed by atoms with Gasteiger partial charge in [-0.3, -0.25) is 0 Å². The maximum atomic E-state index is 5.73. The molecule has 0 aliphatic heterocycles. The van der Waals surface area contributed by atoms with E-state index in [-0.39, 0.29) is 0 Å². The van der Waals surface area contributed by atoms with Crippen molar-refractivity contribution in [3.8, 4) is 11.5 Å². The normalized spacial score (nSPS) is 11.1. The predicted molar refractivity (Wildman–Crippen MR) is 79.0 cm³/mol. The van der Waals surface area contributed by atoms with Crippen molar-refractivity contribution in [1.82, 2.24) is 10.2 Å². The highest BCUT2D eigenvalue weighted by Crippen LogP contribution is 2.28. The van der Waals surface area contributed by atoms with Crippen LogP contribution in [0.3, 0.4) is 0 Å². The second kappa shape index (κ2) is 8.02. The summed E-state index contributed by atoms with van der Waals surface area (Å²) < 4.78 is 11.1. The van der Waals surface area contributed by atoms with Gasteiger partial charge in [-0.2, -0.15) is 0 Å². The minimum Gasteiger partial charge on any atom is -0.493 e. The van der Waals surface area contributed by atoms with E-state index in [0.717, 1.165) is 24.6 Å². The van der Waals surface area contributed by atoms with Crippen molar-refractivity contribution >= 4 is 0 Å². The van der Waals surface area contributed by atoms with Crippen LogP contribution < -0.4 is 14.8 Å². The molecule has 0 aliphatic rings. The zero-order chi connectivity index (χ0) is 14.3. The van der Waals surface area contributed by atoms with Crippen molar-refractivity contribution in [2.45, 2.75) is 26.4 Å². The summed E-state index contributed by atoms with van der Waals surface area (Å²) in [5, 5.41) is 3.39. The van der Waals surface area contributed by atoms with Crippen molar-refractivity contribution < 1.29 is 9.47 Å². The lowest BCUT2D eigenvalue weighted by Gasteiger charge is -2.15. The van der Waals surface area contributed by atoms with Crippen molar-refractivity contribution in [3.63, 3.8) is 0 Å². The summed E-state index contributed by atoms with van der Waals surface area (Å²) in [5.74, 6) is 1.60. The number of benzene rings is 1. The fraction of sp³-hybridized carbons (Fsp3) is 0.600. The number of nitrogens with zero attached hydrogens (tertiary/aromatic N) is 1. The number of hydrogen-bond acceptors (Lipinski definition) is 4. The highest BCUT2D eigenvalue weighted by molar-refractivity contribution is 5.42. The second-order valence-electron chi connectivity index (χ2n) is 5.17. The number of nitrogens with one attached hydrogen (secondary N) is 1. The Morgan fingerprint density at radius 1 is 1.21 bits per heavy atom. The number of ether oxygens (including phenoxy) is 2. The van der Waals surface area contributed by atoms with Gasteiger partial charge in [0.2, 0.25) is 0 Å². The van der Waals surface area contributed by atoms with Gasteiger partial charge in [0.25, 0.3) is 0 Å². The summed E-state index contributed by atoms with van der Waals surface area (Å²) in [5.41, 5.74) is 1.20. The van der Waals surface area contributed by atoms with Crippen LogP contribution in [0.25, 0.3) is 0 Å². The lowest BCUT2D eigenvalue weighted by atomic mass is 10.2. The summed E-state index contributed by atoms with van der Waals surface area (Å²) in [6.07, 6.45) is 0. The van der Waals surface area contributed by atoms with E-state index in [1.54, 1.807) is 7.11 Å². The summed E-state index contributed by atoms with van der Waals surface area (Å²) >= 11 is 0. The van der Waals surface area contributed by atoms with Crippen molar-refractivity contribution in [2.75, 3.05) is 34.4 Å². The molecule has 0 radical (unpaired) electrons. The summed E-state index contributed by atoms with van der Waals surface area (Å²) in [7, 11) is 5.73. The molecule has 0 aliphatic carbocycles. The lowest BCUT2D eigenvalue weighted by molar-refractivity contribution is 0.250. The van der Waals surface area contributed by atoms with Gasteiger partial charge < -0.3 is 19.7 Å². The third kappa shape index (κ3) is 5.94. The third-order valence-corrected chi connectivity index (χ3v) is 2.74. The zero-order valence-corrected chi connectivity index (χ0v) is 12.7. The van der Waals surface area contributed by atoms with Crippen molar-refractivity contribution in [2.24, 2.45) is 0 Å². The van der Waals surface area contributed by atoms with Crippen LogP contribution in [0.4, 0.5) is 0 Å². The Morgan fingerprint density at radius 3 is 2.53 bits per heavy atom. The monoisotopic (exact) mass is 266 g/mol. The van der Waals surface area contributed by atoms with Gasteiger partial charge in [0.15, 0.2) is 11.5 Å². The fourth-order valence-corrected chi connectivity index (χ4v) is 1.60. The summed E-state index contributed by atoms with van der Waals surface area (Å²) in [4.78, 5) is 2.09. The number of hydrogen-bond donors (Lipinski definition) is 1. The van der Waals surface area contributed by atoms with E-state index in [1.165, 1.54) is 5.56 Å². The Bertz CT molecular complexity index is 378. The first-order valence-corrected chi connectivity index (χ1v) is 6.70. The molecule has 0 spiro atoms. The smallest absolute Gasteiger partial charge is 0.161 e. The van der Waals surface area contributed by atoms with E-state index >= 15 is 0 Å². The first kappa shape index (κ1) is 15.8. The average Bonchev–Trinajstić information content (AvgIpc) is 2.36. The van der Waals surface area contributed by atoms with Gasteiger partial charge in [0, 0.05) is 19.1 Å². The SMILES string of the molecule is COc1cc(CNC(C)C)ccc1OCCN(C)C. The Balaban J connectivity index is 2.62. The summed E-state index contributed by atoms with van der Waals surface area (Å²) in [6.45, 7) is 6.66. The Morgan fingerprint density at radius 2 is 1.95 bits per heavy atom. The van der Waals surface area contributed by atoms with E-state index < -0.39 is 0 Å². The van der Waals surface area contributed by atoms with Crippen molar-refractivity contribution in [1.29, 1.82) is 0 Å². The maximum absolute atomic E-state index is 5.73. The van der Waals surface area contributed by atoms with Gasteiger partial charge in [-0.25, -0.2) is 0 Å². The molecular formula is C15H26N2O2. The van der Waals surface area contributed by atoms with E-state index in [9.17, 15) is 0 Å². The Kier molecular flexibility index (Phi) is 6.67. The van der Waals surface area contributed by atoms with Crippen LogP contribution in [0.1, 0.15) is 19.4 Å². The highest BCUT2D eigenvalue weighted by atomic mass is 16.5. The van der Waals surface area contributed by atoms with Gasteiger partial charge in [0.05, 0.1) is 7.11 Å². The van der Waals surface area contributed by atoms with Gasteiger partial charge in [-0.05, 0) is 31.8 Å². The molecule has 1 rings (SSSR count). The fourth-order valence-electron chi connectivity index (χ4n) is 1.60. The van der Waals surface area contributed by atoms with Crippen LogP contribution in [0.2, 0.25) is 0 Å². The molecule has 0 amide bonds. The van der Waals surface area contributed by atoms with Crippen LogP contribution in [0.5, 0.6) is 11.5 Å². The van der Waals surface area contributed by atoms with Crippen LogP contribution >= 0.6 is 0 Å². The third-order valence-electron chi connectivity index (χ3n) is 2.74. The van der Waals surface area contributed by atoms with E-state index in [2.05, 4.69) is 30.1 Å². The molecular weight excluding hydrogens is 240 g/mol. The van der Waals surface area contributed by atoms with Gasteiger partial charge in [0.1, 0.15) is 6.61 Å². The molecule has 0 bridgehead atoms. The van der Waals surface area contributed by atoms with Gasteiger partial charge in [-0.1, -0.05) is 19.9 Å². The Labute approximate surface area is 116 Å². The molecule has 19 heavy (non-hydrogen) atoms. The molecule has 0 heterocycles. The summed E-state index contributed by atoms with van der Waals surface area (Å²) in [6, 6.07) is 6.55. The molecule has 108 valence electrons. The van der Waals surface area contributed by atoms with E-state index in [0.29, 0.717) is 12.6 Å². The molecule has 1 aromatic rings. The van der Waals surface area contributed by atoms with E-state index in [4.69, 9.17) is 9.47 Å². The van der Waals surface area contributed by atoms with Crippen LogP contribution in [0, 0.1) is 0 Å². The second-order valence-corrected chi connectivity index (χ2v) is 5.17. The molecule has 0 fully saturated rings. The predicted octanol–water partition coefficient (Wildman–Crippen LogP) is 2.13. The standard InChI is InChI=1S/C15H26N2O2/c1-12(2)16-11-13-6-7-14(15(10-13)18-5)19-9-8-17(3)4/h6-7,10,12,16H,8-9,11H2,1-5H3. The lowest BCUT2D eigenvalue weighted by Crippen LogP contribution is -2.22. The van der Waals surface area contributed by atoms with Crippen LogP contribution in [-0.2, 0) is 6.54 Å². The number of likely N-dealkylation sites (N-methyl/N-ethyl adjacent to an activating group) is 1. The molecule has 4 nitrogen and oxygen atoms in total. The first-order valence-electron chi connectivity index (χ1n) is 6.70. The minimum atomic E-state index is 0.474. The average molecular weight is 266 g/mol. The number of methoxy groups -OCH3 is 1. The molecule has 0 unspecified atom stereocenters. The maximum Gasteiger partial charge on any atom is 0.161 e. The molecule has 1 aromatic carbocycles. The van der Waals surface area contributed by atoms with E-state index in [1.807, 2.05) is 26.2 Å². The molecule has 4 heteroatoms. The Hall–Kier alpha value is -1.26. The quantitative estimate of drug-likeness (QED) is 0.781. The molecule has 0 aromatic heterocycles. The largest absolute Gasteiger partial charge is 0.493 e. The molecule has 0 saturated carbocycles. The molecule has 1 N–H and O–H groups in total. The van der Waals surface area contributed by atoms with Crippen LogP contribution in [-0.4, -0.2) is 45.3 Å². The minimum absolute atomic E-state index is 0.474. The topological polar surface area (TPSA) is 33.7 Å². The van der Waals surface area contributed by atoms with Gasteiger partial charge in [-0.15, -0.1) is 0 Å². The van der Waals surface area contributed by atoms with Crippen molar-refractivity contribution in [3.05, 3.63) is 23.8 Å². The number of rotatable bonds is 8. The van der Waals surface area contributed by atoms with Gasteiger partial charge >= 0.3 is 0 Å². The van der Waals surface area contributed by atoms with Crippen LogP contribution in [0.15, 0.2) is 18.2 Å². The zero-order valence-electron chi connectivity index (χ0n) is 12.7. The molecule has 0 saturated heterocycles. The molecule has 0 atom stereocenters.